The van der Waals surface area contributed by atoms with Crippen LogP contribution >= 0.6 is 38.9 Å². The molecule has 0 amide bonds. The van der Waals surface area contributed by atoms with Crippen LogP contribution in [0, 0.1) is 11.8 Å². The molecule has 0 radical (unpaired) electrons. The molecule has 1 aromatic carbocycles. The van der Waals surface area contributed by atoms with Gasteiger partial charge in [-0.1, -0.05) is 34.5 Å². The second kappa shape index (κ2) is 6.60. The van der Waals surface area contributed by atoms with E-state index in [1.165, 1.54) is 0 Å². The molecule has 0 saturated heterocycles. The van der Waals surface area contributed by atoms with Gasteiger partial charge in [0.05, 0.1) is 5.69 Å². The first-order valence-electron chi connectivity index (χ1n) is 8.52. The summed E-state index contributed by atoms with van der Waals surface area (Å²) in [5, 5.41) is 1.48. The highest BCUT2D eigenvalue weighted by molar-refractivity contribution is 9.10. The van der Waals surface area contributed by atoms with Crippen molar-refractivity contribution in [1.29, 1.82) is 0 Å². The fraction of sp³-hybridized carbons (Fsp3) is 0.421. The molecule has 0 N–H and O–H groups in total. The summed E-state index contributed by atoms with van der Waals surface area (Å²) < 4.78 is 0.865. The minimum atomic E-state index is -0.655. The maximum absolute atomic E-state index is 12.8. The van der Waals surface area contributed by atoms with Crippen LogP contribution in [0.3, 0.4) is 0 Å². The lowest BCUT2D eigenvalue weighted by atomic mass is 9.77. The Morgan fingerprint density at radius 3 is 2.52 bits per heavy atom. The molecule has 6 heteroatoms. The van der Waals surface area contributed by atoms with E-state index < -0.39 is 5.92 Å². The predicted octanol–water partition coefficient (Wildman–Crippen LogP) is 5.44. The number of ketones is 2. The summed E-state index contributed by atoms with van der Waals surface area (Å²) in [7, 11) is 0. The Kier molecular flexibility index (Phi) is 4.59. The van der Waals surface area contributed by atoms with Crippen molar-refractivity contribution in [2.75, 3.05) is 0 Å². The van der Waals surface area contributed by atoms with Crippen molar-refractivity contribution < 1.29 is 9.59 Å². The number of benzene rings is 1. The maximum atomic E-state index is 12.8. The van der Waals surface area contributed by atoms with E-state index in [0.717, 1.165) is 45.6 Å². The topological polar surface area (TPSA) is 47.0 Å². The Hall–Kier alpha value is -1.04. The zero-order valence-corrected chi connectivity index (χ0v) is 16.9. The van der Waals surface area contributed by atoms with Gasteiger partial charge in [-0.05, 0) is 43.9 Å². The first-order chi connectivity index (χ1) is 12.0. The molecule has 2 bridgehead atoms. The SMILES string of the molecule is CCc1sc(-c2ccc(Cl)cc2Br)nc1C1C(=O)C2CCC(C2)C1=O. The largest absolute Gasteiger partial charge is 0.298 e. The van der Waals surface area contributed by atoms with Crippen LogP contribution in [0.5, 0.6) is 0 Å². The summed E-state index contributed by atoms with van der Waals surface area (Å²) in [5.74, 6) is -0.395. The Morgan fingerprint density at radius 2 is 1.92 bits per heavy atom. The molecule has 2 fully saturated rings. The summed E-state index contributed by atoms with van der Waals surface area (Å²) in [4.78, 5) is 31.5. The molecule has 2 unspecified atom stereocenters. The monoisotopic (exact) mass is 437 g/mol. The second-order valence-corrected chi connectivity index (χ2v) is 9.12. The molecule has 1 aromatic heterocycles. The molecule has 3 nitrogen and oxygen atoms in total. The minimum Gasteiger partial charge on any atom is -0.298 e. The summed E-state index contributed by atoms with van der Waals surface area (Å²) >= 11 is 11.1. The molecule has 2 aliphatic carbocycles. The first kappa shape index (κ1) is 17.4. The molecular weight excluding hydrogens is 422 g/mol. The van der Waals surface area contributed by atoms with Gasteiger partial charge in [0, 0.05) is 31.8 Å². The van der Waals surface area contributed by atoms with Crippen molar-refractivity contribution in [2.24, 2.45) is 11.8 Å². The maximum Gasteiger partial charge on any atom is 0.152 e. The van der Waals surface area contributed by atoms with E-state index in [-0.39, 0.29) is 23.4 Å². The molecule has 2 saturated carbocycles. The molecule has 0 aliphatic heterocycles. The smallest absolute Gasteiger partial charge is 0.152 e. The van der Waals surface area contributed by atoms with E-state index in [0.29, 0.717) is 10.7 Å². The van der Waals surface area contributed by atoms with Gasteiger partial charge in [0.1, 0.15) is 10.9 Å². The Labute approximate surface area is 163 Å². The molecular formula is C19H17BrClNO2S. The molecule has 1 heterocycles. The highest BCUT2D eigenvalue weighted by Gasteiger charge is 2.48. The summed E-state index contributed by atoms with van der Waals surface area (Å²) in [6.45, 7) is 2.05. The number of carbonyl (C=O) groups is 2. The van der Waals surface area contributed by atoms with Gasteiger partial charge in [0.15, 0.2) is 11.6 Å². The highest BCUT2D eigenvalue weighted by atomic mass is 79.9. The van der Waals surface area contributed by atoms with Gasteiger partial charge in [-0.25, -0.2) is 4.98 Å². The van der Waals surface area contributed by atoms with Crippen LogP contribution in [0.25, 0.3) is 10.6 Å². The molecule has 2 aromatic rings. The molecule has 4 rings (SSSR count). The van der Waals surface area contributed by atoms with E-state index in [1.807, 2.05) is 25.1 Å². The lowest BCUT2D eigenvalue weighted by molar-refractivity contribution is -0.136. The van der Waals surface area contributed by atoms with Crippen LogP contribution < -0.4 is 0 Å². The normalized spacial score (nSPS) is 25.6. The van der Waals surface area contributed by atoms with E-state index in [1.54, 1.807) is 11.3 Å². The number of carbonyl (C=O) groups excluding carboxylic acids is 2. The van der Waals surface area contributed by atoms with Crippen LogP contribution in [0.2, 0.25) is 5.02 Å². The van der Waals surface area contributed by atoms with E-state index in [4.69, 9.17) is 16.6 Å². The van der Waals surface area contributed by atoms with Gasteiger partial charge >= 0.3 is 0 Å². The van der Waals surface area contributed by atoms with Crippen LogP contribution in [-0.4, -0.2) is 16.6 Å². The number of Topliss-reactive ketones (excluding diaryl/α,β-unsaturated/α-hetero) is 2. The zero-order valence-electron chi connectivity index (χ0n) is 13.7. The number of hydrogen-bond acceptors (Lipinski definition) is 4. The predicted molar refractivity (Wildman–Crippen MR) is 103 cm³/mol. The van der Waals surface area contributed by atoms with Crippen LogP contribution in [0.1, 0.15) is 42.7 Å². The number of aromatic nitrogens is 1. The molecule has 2 aliphatic rings. The first-order valence-corrected chi connectivity index (χ1v) is 10.5. The number of thiazole rings is 1. The third kappa shape index (κ3) is 2.90. The lowest BCUT2D eigenvalue weighted by Gasteiger charge is -2.24. The van der Waals surface area contributed by atoms with Crippen molar-refractivity contribution >= 4 is 50.4 Å². The van der Waals surface area contributed by atoms with Gasteiger partial charge in [0.25, 0.3) is 0 Å². The van der Waals surface area contributed by atoms with Gasteiger partial charge in [-0.15, -0.1) is 11.3 Å². The van der Waals surface area contributed by atoms with Crippen molar-refractivity contribution in [2.45, 2.75) is 38.5 Å². The molecule has 2 atom stereocenters. The fourth-order valence-electron chi connectivity index (χ4n) is 4.00. The number of aryl methyl sites for hydroxylation is 1. The second-order valence-electron chi connectivity index (χ2n) is 6.75. The van der Waals surface area contributed by atoms with Crippen molar-refractivity contribution in [1.82, 2.24) is 4.98 Å². The van der Waals surface area contributed by atoms with Gasteiger partial charge in [0.2, 0.25) is 0 Å². The van der Waals surface area contributed by atoms with Gasteiger partial charge in [-0.2, -0.15) is 0 Å². The van der Waals surface area contributed by atoms with Crippen molar-refractivity contribution in [3.63, 3.8) is 0 Å². The number of hydrogen-bond donors (Lipinski definition) is 0. The number of rotatable bonds is 3. The number of nitrogens with zero attached hydrogens (tertiary/aromatic N) is 1. The van der Waals surface area contributed by atoms with E-state index >= 15 is 0 Å². The Balaban J connectivity index is 1.79. The van der Waals surface area contributed by atoms with E-state index in [9.17, 15) is 9.59 Å². The highest BCUT2D eigenvalue weighted by Crippen LogP contribution is 2.46. The number of halogens is 2. The number of fused-ring (bicyclic) bond motifs is 2. The lowest BCUT2D eigenvalue weighted by Crippen LogP contribution is -2.35. The summed E-state index contributed by atoms with van der Waals surface area (Å²) in [5.41, 5.74) is 1.63. The Bertz CT molecular complexity index is 856. The summed E-state index contributed by atoms with van der Waals surface area (Å²) in [6, 6.07) is 5.58. The van der Waals surface area contributed by atoms with Gasteiger partial charge < -0.3 is 0 Å². The average molecular weight is 439 g/mol. The van der Waals surface area contributed by atoms with E-state index in [2.05, 4.69) is 15.9 Å². The quantitative estimate of drug-likeness (QED) is 0.599. The van der Waals surface area contributed by atoms with Crippen molar-refractivity contribution in [3.8, 4) is 10.6 Å². The third-order valence-electron chi connectivity index (χ3n) is 5.29. The van der Waals surface area contributed by atoms with Crippen LogP contribution in [0.15, 0.2) is 22.7 Å². The molecule has 0 spiro atoms. The Morgan fingerprint density at radius 1 is 1.24 bits per heavy atom. The van der Waals surface area contributed by atoms with Crippen LogP contribution in [0.4, 0.5) is 0 Å². The molecule has 130 valence electrons. The average Bonchev–Trinajstić information content (AvgIpc) is 3.19. The summed E-state index contributed by atoms with van der Waals surface area (Å²) in [6.07, 6.45) is 3.22. The molecule has 25 heavy (non-hydrogen) atoms. The minimum absolute atomic E-state index is 0.0461. The standard InChI is InChI=1S/C19H17BrClNO2S/c1-2-14-16(15-17(23)9-3-4-10(7-9)18(15)24)22-19(25-14)12-6-5-11(21)8-13(12)20/h5-6,8-10,15H,2-4,7H2,1H3. The third-order valence-corrected chi connectivity index (χ3v) is 7.43. The van der Waals surface area contributed by atoms with Crippen LogP contribution in [-0.2, 0) is 16.0 Å². The fourth-order valence-corrected chi connectivity index (χ4v) is 6.08. The van der Waals surface area contributed by atoms with Crippen molar-refractivity contribution in [3.05, 3.63) is 38.3 Å². The van der Waals surface area contributed by atoms with Gasteiger partial charge in [-0.3, -0.25) is 9.59 Å². The zero-order chi connectivity index (χ0) is 17.7.